The number of hydrogen-bond acceptors (Lipinski definition) is 3. The Morgan fingerprint density at radius 1 is 0.576 bits per heavy atom. The molecule has 158 valence electrons. The first-order chi connectivity index (χ1) is 16.3. The summed E-state index contributed by atoms with van der Waals surface area (Å²) in [4.78, 5) is 4.78. The Labute approximate surface area is 191 Å². The summed E-state index contributed by atoms with van der Waals surface area (Å²) in [7, 11) is 0. The van der Waals surface area contributed by atoms with Gasteiger partial charge in [-0.2, -0.15) is 4.98 Å². The van der Waals surface area contributed by atoms with E-state index in [0.29, 0.717) is 5.84 Å². The van der Waals surface area contributed by atoms with Crippen molar-refractivity contribution in [1.82, 2.24) is 9.38 Å². The molecule has 0 aliphatic rings. The van der Waals surface area contributed by atoms with Gasteiger partial charge in [0, 0.05) is 17.3 Å². The molecule has 0 fully saturated rings. The van der Waals surface area contributed by atoms with Crippen molar-refractivity contribution in [2.24, 2.45) is 0 Å². The molecule has 0 atom stereocenters. The number of hydrogen-bond donors (Lipinski definition) is 0. The quantitative estimate of drug-likeness (QED) is 0.282. The number of rotatable bonds is 5. The Balaban J connectivity index is 1.37. The van der Waals surface area contributed by atoms with Crippen LogP contribution < -0.4 is 4.74 Å². The Morgan fingerprint density at radius 3 is 1.88 bits per heavy atom. The fraction of sp³-hybridized carbons (Fsp3) is 0. The minimum atomic E-state index is 0.566. The van der Waals surface area contributed by atoms with E-state index in [4.69, 9.17) is 14.1 Å². The van der Waals surface area contributed by atoms with E-state index in [1.807, 2.05) is 59.1 Å². The number of benzene rings is 4. The van der Waals surface area contributed by atoms with Gasteiger partial charge in [0.15, 0.2) is 0 Å². The van der Waals surface area contributed by atoms with Gasteiger partial charge in [0.2, 0.25) is 0 Å². The monoisotopic (exact) mass is 428 g/mol. The third kappa shape index (κ3) is 3.68. The summed E-state index contributed by atoms with van der Waals surface area (Å²) in [5.74, 6) is 2.16. The highest BCUT2D eigenvalue weighted by atomic mass is 16.5. The number of fused-ring (bicyclic) bond motifs is 1. The highest BCUT2D eigenvalue weighted by Crippen LogP contribution is 2.35. The standard InChI is InChI=1S/C29H20N2O2/c1-3-7-21(8-4-1)22-11-13-23(14-12-22)27-28(31-19-20-32-29(31)30-27)24-15-17-26(18-16-24)33-25-9-5-2-6-10-25/h1-20H. The maximum Gasteiger partial charge on any atom is 0.306 e. The van der Waals surface area contributed by atoms with Gasteiger partial charge >= 0.3 is 5.84 Å². The topological polar surface area (TPSA) is 39.7 Å². The fourth-order valence-corrected chi connectivity index (χ4v) is 4.02. The predicted octanol–water partition coefficient (Wildman–Crippen LogP) is 7.72. The number of nitrogens with zero attached hydrogens (tertiary/aromatic N) is 2. The van der Waals surface area contributed by atoms with E-state index in [9.17, 15) is 0 Å². The second kappa shape index (κ2) is 8.17. The molecule has 4 heteroatoms. The number of imidazole rings is 1. The Bertz CT molecular complexity index is 1500. The molecule has 0 amide bonds. The SMILES string of the molecule is c1ccc(Oc2ccc(-c3c(-c4ccc(-c5ccccc5)cc4)nc4occn34)cc2)cc1. The van der Waals surface area contributed by atoms with Crippen molar-refractivity contribution in [3.8, 4) is 45.1 Å². The fourth-order valence-electron chi connectivity index (χ4n) is 4.02. The maximum atomic E-state index is 5.95. The number of aromatic nitrogens is 2. The van der Waals surface area contributed by atoms with E-state index in [2.05, 4.69) is 60.7 Å². The van der Waals surface area contributed by atoms with Crippen LogP contribution in [-0.4, -0.2) is 9.38 Å². The molecule has 2 aromatic heterocycles. The summed E-state index contributed by atoms with van der Waals surface area (Å²) in [6.07, 6.45) is 3.55. The number of oxazole rings is 1. The minimum absolute atomic E-state index is 0.566. The lowest BCUT2D eigenvalue weighted by molar-refractivity contribution is 0.483. The van der Waals surface area contributed by atoms with Gasteiger partial charge < -0.3 is 9.15 Å². The molecule has 0 saturated carbocycles. The average Bonchev–Trinajstić information content (AvgIpc) is 3.48. The van der Waals surface area contributed by atoms with Gasteiger partial charge in [-0.05, 0) is 47.5 Å². The van der Waals surface area contributed by atoms with Gasteiger partial charge in [-0.25, -0.2) is 0 Å². The Hall–Kier alpha value is -4.57. The van der Waals surface area contributed by atoms with Gasteiger partial charge in [0.05, 0.1) is 5.69 Å². The van der Waals surface area contributed by atoms with Crippen LogP contribution in [-0.2, 0) is 0 Å². The predicted molar refractivity (Wildman–Crippen MR) is 130 cm³/mol. The van der Waals surface area contributed by atoms with Gasteiger partial charge in [-0.1, -0.05) is 72.8 Å². The number of para-hydroxylation sites is 1. The smallest absolute Gasteiger partial charge is 0.306 e. The van der Waals surface area contributed by atoms with Crippen LogP contribution in [0.5, 0.6) is 11.5 Å². The highest BCUT2D eigenvalue weighted by molar-refractivity contribution is 5.82. The summed E-state index contributed by atoms with van der Waals surface area (Å²) >= 11 is 0. The molecule has 0 saturated heterocycles. The van der Waals surface area contributed by atoms with Gasteiger partial charge in [-0.15, -0.1) is 0 Å². The van der Waals surface area contributed by atoms with Crippen LogP contribution in [0.15, 0.2) is 126 Å². The zero-order valence-corrected chi connectivity index (χ0v) is 17.8. The molecule has 0 spiro atoms. The zero-order valence-electron chi connectivity index (χ0n) is 17.8. The van der Waals surface area contributed by atoms with Gasteiger partial charge in [0.25, 0.3) is 0 Å². The van der Waals surface area contributed by atoms with Gasteiger partial charge in [-0.3, -0.25) is 4.40 Å². The van der Waals surface area contributed by atoms with E-state index < -0.39 is 0 Å². The average molecular weight is 428 g/mol. The summed E-state index contributed by atoms with van der Waals surface area (Å²) in [6.45, 7) is 0. The molecule has 0 N–H and O–H groups in total. The van der Waals surface area contributed by atoms with Crippen molar-refractivity contribution in [2.45, 2.75) is 0 Å². The largest absolute Gasteiger partial charge is 0.457 e. The van der Waals surface area contributed by atoms with E-state index >= 15 is 0 Å². The first kappa shape index (κ1) is 19.1. The molecule has 0 aliphatic heterocycles. The van der Waals surface area contributed by atoms with Crippen LogP contribution in [0.2, 0.25) is 0 Å². The van der Waals surface area contributed by atoms with Gasteiger partial charge in [0.1, 0.15) is 23.5 Å². The molecular weight excluding hydrogens is 408 g/mol. The third-order valence-electron chi connectivity index (χ3n) is 5.63. The lowest BCUT2D eigenvalue weighted by atomic mass is 10.0. The molecule has 2 heterocycles. The highest BCUT2D eigenvalue weighted by Gasteiger charge is 2.18. The molecule has 0 unspecified atom stereocenters. The second-order valence-electron chi connectivity index (χ2n) is 7.75. The van der Waals surface area contributed by atoms with Crippen LogP contribution >= 0.6 is 0 Å². The Morgan fingerprint density at radius 2 is 1.15 bits per heavy atom. The summed E-state index contributed by atoms with van der Waals surface area (Å²) in [6, 6.07) is 36.7. The molecule has 4 nitrogen and oxygen atoms in total. The van der Waals surface area contributed by atoms with E-state index in [0.717, 1.165) is 34.0 Å². The van der Waals surface area contributed by atoms with Crippen LogP contribution in [0.3, 0.4) is 0 Å². The maximum absolute atomic E-state index is 5.95. The molecule has 0 bridgehead atoms. The van der Waals surface area contributed by atoms with Crippen molar-refractivity contribution in [1.29, 1.82) is 0 Å². The van der Waals surface area contributed by atoms with Crippen molar-refractivity contribution in [2.75, 3.05) is 0 Å². The molecule has 0 radical (unpaired) electrons. The second-order valence-corrected chi connectivity index (χ2v) is 7.75. The first-order valence-electron chi connectivity index (χ1n) is 10.8. The van der Waals surface area contributed by atoms with Crippen LogP contribution in [0.4, 0.5) is 0 Å². The molecule has 6 rings (SSSR count). The van der Waals surface area contributed by atoms with E-state index in [-0.39, 0.29) is 0 Å². The normalized spacial score (nSPS) is 11.0. The van der Waals surface area contributed by atoms with Crippen LogP contribution in [0.25, 0.3) is 39.5 Å². The summed E-state index contributed by atoms with van der Waals surface area (Å²) in [5, 5.41) is 0. The van der Waals surface area contributed by atoms with E-state index in [1.54, 1.807) is 6.26 Å². The lowest BCUT2D eigenvalue weighted by Crippen LogP contribution is -1.89. The molecular formula is C29H20N2O2. The first-order valence-corrected chi connectivity index (χ1v) is 10.8. The molecule has 6 aromatic rings. The van der Waals surface area contributed by atoms with Crippen LogP contribution in [0.1, 0.15) is 0 Å². The Kier molecular flexibility index (Phi) is 4.74. The van der Waals surface area contributed by atoms with E-state index in [1.165, 1.54) is 11.1 Å². The summed E-state index contributed by atoms with van der Waals surface area (Å²) in [5.41, 5.74) is 6.30. The lowest BCUT2D eigenvalue weighted by Gasteiger charge is -2.09. The van der Waals surface area contributed by atoms with Crippen molar-refractivity contribution < 1.29 is 9.15 Å². The molecule has 4 aromatic carbocycles. The van der Waals surface area contributed by atoms with Crippen LogP contribution in [0, 0.1) is 0 Å². The van der Waals surface area contributed by atoms with Crippen molar-refractivity contribution >= 4 is 5.84 Å². The molecule has 33 heavy (non-hydrogen) atoms. The summed E-state index contributed by atoms with van der Waals surface area (Å²) < 4.78 is 13.5. The zero-order chi connectivity index (χ0) is 22.0. The van der Waals surface area contributed by atoms with Crippen molar-refractivity contribution in [3.05, 3.63) is 122 Å². The van der Waals surface area contributed by atoms with Crippen molar-refractivity contribution in [3.63, 3.8) is 0 Å². The third-order valence-corrected chi connectivity index (χ3v) is 5.63. The number of ether oxygens (including phenoxy) is 1. The minimum Gasteiger partial charge on any atom is -0.457 e. The molecule has 0 aliphatic carbocycles.